The molecule has 0 spiro atoms. The topological polar surface area (TPSA) is 182 Å². The normalized spacial score (nSPS) is 12.9. The third-order valence-electron chi connectivity index (χ3n) is 4.66. The van der Waals surface area contributed by atoms with E-state index < -0.39 is 13.4 Å². The van der Waals surface area contributed by atoms with Gasteiger partial charge in [-0.05, 0) is 26.7 Å². The molecule has 0 fully saturated rings. The summed E-state index contributed by atoms with van der Waals surface area (Å²) in [6.07, 6.45) is 2.84. The lowest BCUT2D eigenvalue weighted by atomic mass is 10.2. The monoisotopic (exact) mass is 515 g/mol. The molecule has 2 aromatic rings. The Kier molecular flexibility index (Phi) is 11.8. The van der Waals surface area contributed by atoms with Gasteiger partial charge < -0.3 is 29.2 Å². The predicted octanol–water partition coefficient (Wildman–Crippen LogP) is 1.06. The number of nitrogens with one attached hydrogen (secondary N) is 2. The number of aromatic nitrogens is 4. The van der Waals surface area contributed by atoms with E-state index in [9.17, 15) is 14.2 Å². The Morgan fingerprint density at radius 2 is 1.86 bits per heavy atom. The molecular formula is C20H34N7O7P. The van der Waals surface area contributed by atoms with Crippen molar-refractivity contribution in [2.45, 2.75) is 39.7 Å². The second-order valence-corrected chi connectivity index (χ2v) is 9.66. The standard InChI is InChI=1S/C20H34N7O7P/c1-4-33-15(28)8-6-7-9-23-35(30,24-12-16(29)34-5-2)14-32-11-10-27-13-22-17-18(27)25-20(21)26-19(17)31-3/h13H,4-12,14H2,1-3H3,(H2,21,25,26)(H2,23,24,30). The van der Waals surface area contributed by atoms with Crippen molar-refractivity contribution in [1.82, 2.24) is 29.7 Å². The molecule has 14 nitrogen and oxygen atoms in total. The molecular weight excluding hydrogens is 481 g/mol. The van der Waals surface area contributed by atoms with E-state index in [1.165, 1.54) is 7.11 Å². The molecule has 196 valence electrons. The first-order valence-corrected chi connectivity index (χ1v) is 13.2. The predicted molar refractivity (Wildman–Crippen MR) is 128 cm³/mol. The van der Waals surface area contributed by atoms with Crippen LogP contribution >= 0.6 is 7.44 Å². The zero-order valence-corrected chi connectivity index (χ0v) is 21.2. The lowest BCUT2D eigenvalue weighted by Crippen LogP contribution is -2.31. The number of fused-ring (bicyclic) bond motifs is 1. The number of esters is 2. The third kappa shape index (κ3) is 9.40. The van der Waals surface area contributed by atoms with E-state index in [1.807, 2.05) is 0 Å². The van der Waals surface area contributed by atoms with Gasteiger partial charge in [-0.3, -0.25) is 19.2 Å². The Hall–Kier alpha value is -2.80. The summed E-state index contributed by atoms with van der Waals surface area (Å²) in [6.45, 7) is 4.67. The maximum Gasteiger partial charge on any atom is 0.320 e. The molecule has 0 radical (unpaired) electrons. The molecule has 35 heavy (non-hydrogen) atoms. The molecule has 0 aromatic carbocycles. The second-order valence-electron chi connectivity index (χ2n) is 7.29. The highest BCUT2D eigenvalue weighted by Gasteiger charge is 2.23. The van der Waals surface area contributed by atoms with E-state index in [2.05, 4.69) is 25.1 Å². The first-order chi connectivity index (χ1) is 16.8. The maximum atomic E-state index is 13.3. The van der Waals surface area contributed by atoms with Crippen molar-refractivity contribution < 1.29 is 33.1 Å². The van der Waals surface area contributed by atoms with Crippen molar-refractivity contribution in [3.8, 4) is 5.88 Å². The number of imidazole rings is 1. The highest BCUT2D eigenvalue weighted by molar-refractivity contribution is 7.59. The van der Waals surface area contributed by atoms with E-state index in [1.54, 1.807) is 24.7 Å². The lowest BCUT2D eigenvalue weighted by molar-refractivity contribution is -0.143. The minimum absolute atomic E-state index is 0.0526. The molecule has 4 N–H and O–H groups in total. The number of anilines is 1. The van der Waals surface area contributed by atoms with Gasteiger partial charge in [-0.15, -0.1) is 0 Å². The summed E-state index contributed by atoms with van der Waals surface area (Å²) >= 11 is 0. The van der Waals surface area contributed by atoms with Crippen molar-refractivity contribution in [3.63, 3.8) is 0 Å². The van der Waals surface area contributed by atoms with E-state index in [-0.39, 0.29) is 50.3 Å². The molecule has 2 rings (SSSR count). The fraction of sp³-hybridized carbons (Fsp3) is 0.650. The quantitative estimate of drug-likeness (QED) is 0.155. The lowest BCUT2D eigenvalue weighted by Gasteiger charge is -2.20. The van der Waals surface area contributed by atoms with Crippen LogP contribution in [-0.2, 0) is 34.9 Å². The van der Waals surface area contributed by atoms with Crippen LogP contribution in [0, 0.1) is 0 Å². The summed E-state index contributed by atoms with van der Waals surface area (Å²) in [5.74, 6) is -0.465. The summed E-state index contributed by atoms with van der Waals surface area (Å²) < 4.78 is 35.6. The Morgan fingerprint density at radius 1 is 1.11 bits per heavy atom. The van der Waals surface area contributed by atoms with Gasteiger partial charge in [-0.25, -0.2) is 10.1 Å². The summed E-state index contributed by atoms with van der Waals surface area (Å²) in [7, 11) is -1.81. The molecule has 0 bridgehead atoms. The van der Waals surface area contributed by atoms with E-state index >= 15 is 0 Å². The molecule has 0 aliphatic carbocycles. The van der Waals surface area contributed by atoms with Crippen LogP contribution in [0.4, 0.5) is 5.95 Å². The minimum atomic E-state index is -3.28. The summed E-state index contributed by atoms with van der Waals surface area (Å²) in [4.78, 5) is 35.6. The van der Waals surface area contributed by atoms with Crippen LogP contribution in [0.5, 0.6) is 5.88 Å². The molecule has 2 aromatic heterocycles. The molecule has 0 saturated carbocycles. The van der Waals surface area contributed by atoms with Crippen molar-refractivity contribution in [2.75, 3.05) is 52.1 Å². The molecule has 0 aliphatic rings. The maximum absolute atomic E-state index is 13.3. The van der Waals surface area contributed by atoms with Crippen LogP contribution in [0.15, 0.2) is 6.33 Å². The summed E-state index contributed by atoms with van der Waals surface area (Å²) in [5.41, 5.74) is 6.68. The van der Waals surface area contributed by atoms with Crippen LogP contribution < -0.4 is 20.6 Å². The Labute approximate surface area is 203 Å². The Bertz CT molecular complexity index is 1020. The number of rotatable bonds is 17. The zero-order chi connectivity index (χ0) is 25.7. The van der Waals surface area contributed by atoms with E-state index in [0.717, 1.165) is 0 Å². The fourth-order valence-electron chi connectivity index (χ4n) is 3.03. The Balaban J connectivity index is 1.89. The average Bonchev–Trinajstić information content (AvgIpc) is 3.23. The van der Waals surface area contributed by atoms with Gasteiger partial charge in [-0.1, -0.05) is 0 Å². The summed E-state index contributed by atoms with van der Waals surface area (Å²) in [6, 6.07) is 0. The van der Waals surface area contributed by atoms with Crippen LogP contribution in [0.25, 0.3) is 11.2 Å². The third-order valence-corrected chi connectivity index (χ3v) is 6.61. The minimum Gasteiger partial charge on any atom is -0.479 e. The number of nitrogens with zero attached hydrogens (tertiary/aromatic N) is 4. The zero-order valence-electron chi connectivity index (χ0n) is 20.3. The molecule has 2 heterocycles. The molecule has 15 heteroatoms. The van der Waals surface area contributed by atoms with Crippen molar-refractivity contribution in [3.05, 3.63) is 6.33 Å². The van der Waals surface area contributed by atoms with Crippen molar-refractivity contribution >= 4 is 36.5 Å². The average molecular weight is 516 g/mol. The molecule has 1 unspecified atom stereocenters. The number of unbranched alkanes of at least 4 members (excludes halogenated alkanes) is 1. The van der Waals surface area contributed by atoms with Gasteiger partial charge in [0.05, 0.1) is 33.3 Å². The molecule has 0 aliphatic heterocycles. The van der Waals surface area contributed by atoms with Crippen LogP contribution in [0.1, 0.15) is 33.1 Å². The number of hydrogen-bond acceptors (Lipinski definition) is 11. The highest BCUT2D eigenvalue weighted by atomic mass is 31.2. The number of carbonyl (C=O) groups is 2. The molecule has 1 atom stereocenters. The van der Waals surface area contributed by atoms with E-state index in [0.29, 0.717) is 43.7 Å². The van der Waals surface area contributed by atoms with Gasteiger partial charge in [-0.2, -0.15) is 9.97 Å². The van der Waals surface area contributed by atoms with Crippen molar-refractivity contribution in [2.24, 2.45) is 0 Å². The van der Waals surface area contributed by atoms with Gasteiger partial charge in [0.2, 0.25) is 19.3 Å². The Morgan fingerprint density at radius 3 is 2.57 bits per heavy atom. The molecule has 0 amide bonds. The summed E-state index contributed by atoms with van der Waals surface area (Å²) in [5, 5.41) is 5.66. The largest absolute Gasteiger partial charge is 0.479 e. The SMILES string of the molecule is CCOC(=O)CCCCNP(=O)(COCCn1cnc2c(OC)nc(N)nc21)NCC(=O)OCC. The highest BCUT2D eigenvalue weighted by Crippen LogP contribution is 2.35. The number of nitrogen functional groups attached to an aromatic ring is 1. The van der Waals surface area contributed by atoms with Crippen LogP contribution in [0.2, 0.25) is 0 Å². The first-order valence-electron chi connectivity index (χ1n) is 11.3. The number of carbonyl (C=O) groups excluding carboxylic acids is 2. The number of nitrogens with two attached hydrogens (primary N) is 1. The van der Waals surface area contributed by atoms with Gasteiger partial charge in [0.25, 0.3) is 0 Å². The van der Waals surface area contributed by atoms with Crippen LogP contribution in [-0.4, -0.2) is 77.8 Å². The molecule has 0 saturated heterocycles. The van der Waals surface area contributed by atoms with Crippen LogP contribution in [0.3, 0.4) is 0 Å². The van der Waals surface area contributed by atoms with Gasteiger partial charge in [0, 0.05) is 19.5 Å². The fourth-order valence-corrected chi connectivity index (χ4v) is 4.62. The number of methoxy groups -OCH3 is 1. The van der Waals surface area contributed by atoms with Crippen molar-refractivity contribution in [1.29, 1.82) is 0 Å². The number of ether oxygens (including phenoxy) is 4. The van der Waals surface area contributed by atoms with Gasteiger partial charge >= 0.3 is 11.9 Å². The first kappa shape index (κ1) is 28.4. The van der Waals surface area contributed by atoms with E-state index in [4.69, 9.17) is 24.7 Å². The smallest absolute Gasteiger partial charge is 0.320 e. The number of hydrogen-bond donors (Lipinski definition) is 3. The second kappa shape index (κ2) is 14.6. The van der Waals surface area contributed by atoms with Gasteiger partial charge in [0.15, 0.2) is 11.2 Å². The van der Waals surface area contributed by atoms with Gasteiger partial charge in [0.1, 0.15) is 12.9 Å².